The van der Waals surface area contributed by atoms with Crippen LogP contribution in [0.4, 0.5) is 11.4 Å². The van der Waals surface area contributed by atoms with Crippen LogP contribution in [0, 0.1) is 0 Å². The number of fused-ring (bicyclic) bond motifs is 5. The molecule has 2 bridgehead atoms. The van der Waals surface area contributed by atoms with Gasteiger partial charge in [0.05, 0.1) is 22.4 Å². The van der Waals surface area contributed by atoms with E-state index in [1.54, 1.807) is 9.13 Å². The van der Waals surface area contributed by atoms with E-state index in [1.165, 1.54) is 0 Å². The zero-order valence-corrected chi connectivity index (χ0v) is 13.8. The number of aromatic nitrogens is 2. The second-order valence-electron chi connectivity index (χ2n) is 5.98. The summed E-state index contributed by atoms with van der Waals surface area (Å²) >= 11 is 0. The lowest BCUT2D eigenvalue weighted by Gasteiger charge is -2.11. The molecule has 2 heterocycles. The average molecular weight is 338 g/mol. The largest absolute Gasteiger partial charge is 0.340 e. The third-order valence-corrected chi connectivity index (χ3v) is 4.35. The summed E-state index contributed by atoms with van der Waals surface area (Å²) in [7, 11) is 0. The Morgan fingerprint density at radius 2 is 0.923 bits per heavy atom. The number of benzene rings is 3. The van der Waals surface area contributed by atoms with Gasteiger partial charge in [-0.15, -0.1) is 0 Å². The summed E-state index contributed by atoms with van der Waals surface area (Å²) < 4.78 is 3.26. The molecule has 5 rings (SSSR count). The van der Waals surface area contributed by atoms with Gasteiger partial charge in [-0.1, -0.05) is 48.5 Å². The number of aliphatic imine (C=N–C) groups is 2. The smallest absolute Gasteiger partial charge is 0.247 e. The first kappa shape index (κ1) is 14.6. The molecular weight excluding hydrogens is 324 g/mol. The third kappa shape index (κ3) is 2.14. The molecule has 1 aromatic heterocycles. The summed E-state index contributed by atoms with van der Waals surface area (Å²) in [5, 5.41) is 0. The summed E-state index contributed by atoms with van der Waals surface area (Å²) in [4.78, 5) is 22.3. The number of nitrogens with zero attached hydrogens (tertiary/aromatic N) is 4. The summed E-state index contributed by atoms with van der Waals surface area (Å²) in [5.74, 6) is 1.09. The molecule has 0 spiro atoms. The number of para-hydroxylation sites is 4. The highest BCUT2D eigenvalue weighted by atomic mass is 16.2. The van der Waals surface area contributed by atoms with Crippen LogP contribution in [0.15, 0.2) is 99.7 Å². The van der Waals surface area contributed by atoms with Crippen LogP contribution in [0.5, 0.6) is 0 Å². The van der Waals surface area contributed by atoms with Crippen molar-refractivity contribution < 1.29 is 0 Å². The van der Waals surface area contributed by atoms with Crippen molar-refractivity contribution in [1.29, 1.82) is 0 Å². The molecule has 0 unspecified atom stereocenters. The summed E-state index contributed by atoms with van der Waals surface area (Å²) in [5.41, 5.74) is 3.08. The molecule has 0 saturated carbocycles. The zero-order chi connectivity index (χ0) is 17.5. The van der Waals surface area contributed by atoms with E-state index in [0.717, 1.165) is 22.4 Å². The number of imidazole rings is 1. The molecule has 124 valence electrons. The van der Waals surface area contributed by atoms with E-state index in [1.807, 2.05) is 84.9 Å². The van der Waals surface area contributed by atoms with Crippen molar-refractivity contribution in [2.75, 3.05) is 0 Å². The third-order valence-electron chi connectivity index (χ3n) is 4.35. The molecule has 0 saturated heterocycles. The predicted molar refractivity (Wildman–Crippen MR) is 104 cm³/mol. The fourth-order valence-electron chi connectivity index (χ4n) is 3.21. The Hall–Kier alpha value is -3.73. The van der Waals surface area contributed by atoms with Gasteiger partial charge in [0.2, 0.25) is 0 Å². The first-order chi connectivity index (χ1) is 12.8. The van der Waals surface area contributed by atoms with Gasteiger partial charge in [-0.05, 0) is 36.4 Å². The van der Waals surface area contributed by atoms with E-state index in [4.69, 9.17) is 9.98 Å². The molecule has 0 fully saturated rings. The lowest BCUT2D eigenvalue weighted by atomic mass is 10.2. The summed E-state index contributed by atoms with van der Waals surface area (Å²) in [6, 6.07) is 26.9. The fraction of sp³-hybridized carbons (Fsp3) is 0. The second-order valence-corrected chi connectivity index (χ2v) is 5.98. The van der Waals surface area contributed by atoms with Crippen LogP contribution >= 0.6 is 0 Å². The van der Waals surface area contributed by atoms with E-state index in [-0.39, 0.29) is 5.69 Å². The van der Waals surface area contributed by atoms with Crippen LogP contribution in [0.3, 0.4) is 0 Å². The maximum atomic E-state index is 12.9. The van der Waals surface area contributed by atoms with Crippen LogP contribution in [0.25, 0.3) is 11.0 Å². The van der Waals surface area contributed by atoms with E-state index in [9.17, 15) is 4.79 Å². The van der Waals surface area contributed by atoms with Crippen LogP contribution in [0.1, 0.15) is 0 Å². The highest BCUT2D eigenvalue weighted by molar-refractivity contribution is 6.47. The summed E-state index contributed by atoms with van der Waals surface area (Å²) in [6.45, 7) is 0. The standard InChI is InChI=1S/C21H14N4O/c26-21-24-17-13-7-8-14-18(17)25(21)20(23-16-11-5-2-6-12-16)19(24)22-15-9-3-1-4-10-15/h1-14H. The topological polar surface area (TPSA) is 51.6 Å². The van der Waals surface area contributed by atoms with Gasteiger partial charge in [0.25, 0.3) is 0 Å². The van der Waals surface area contributed by atoms with Crippen LogP contribution < -0.4 is 5.69 Å². The van der Waals surface area contributed by atoms with Crippen LogP contribution in [-0.4, -0.2) is 20.8 Å². The highest BCUT2D eigenvalue weighted by Gasteiger charge is 2.32. The SMILES string of the molecule is O=c1n2c3ccccc3n1C(=Nc1ccccc1)C2=Nc1ccccc1. The zero-order valence-electron chi connectivity index (χ0n) is 13.8. The van der Waals surface area contributed by atoms with Crippen molar-refractivity contribution >= 4 is 34.1 Å². The molecule has 4 aromatic rings. The first-order valence-corrected chi connectivity index (χ1v) is 8.34. The average Bonchev–Trinajstić information content (AvgIpc) is 3.11. The fourth-order valence-corrected chi connectivity index (χ4v) is 3.21. The van der Waals surface area contributed by atoms with E-state index in [0.29, 0.717) is 11.7 Å². The van der Waals surface area contributed by atoms with Gasteiger partial charge in [-0.25, -0.2) is 23.9 Å². The molecule has 0 radical (unpaired) electrons. The van der Waals surface area contributed by atoms with Gasteiger partial charge in [-0.2, -0.15) is 0 Å². The van der Waals surface area contributed by atoms with Crippen molar-refractivity contribution in [2.45, 2.75) is 0 Å². The predicted octanol–water partition coefficient (Wildman–Crippen LogP) is 3.97. The molecule has 26 heavy (non-hydrogen) atoms. The Kier molecular flexibility index (Phi) is 3.18. The molecule has 5 heteroatoms. The maximum absolute atomic E-state index is 12.9. The Morgan fingerprint density at radius 1 is 0.538 bits per heavy atom. The molecule has 0 aliphatic carbocycles. The van der Waals surface area contributed by atoms with Gasteiger partial charge in [0.1, 0.15) is 0 Å². The van der Waals surface area contributed by atoms with Gasteiger partial charge >= 0.3 is 5.69 Å². The summed E-state index contributed by atoms with van der Waals surface area (Å²) in [6.07, 6.45) is 0. The highest BCUT2D eigenvalue weighted by Crippen LogP contribution is 2.23. The quantitative estimate of drug-likeness (QED) is 0.545. The maximum Gasteiger partial charge on any atom is 0.340 e. The molecule has 1 aliphatic rings. The minimum Gasteiger partial charge on any atom is -0.247 e. The molecule has 5 nitrogen and oxygen atoms in total. The van der Waals surface area contributed by atoms with E-state index >= 15 is 0 Å². The van der Waals surface area contributed by atoms with Crippen LogP contribution in [0.2, 0.25) is 0 Å². The minimum atomic E-state index is -0.143. The minimum absolute atomic E-state index is 0.143. The second kappa shape index (κ2) is 5.67. The molecule has 1 aliphatic heterocycles. The van der Waals surface area contributed by atoms with Crippen molar-refractivity contribution in [3.05, 3.63) is 95.4 Å². The first-order valence-electron chi connectivity index (χ1n) is 8.34. The Labute approximate surface area is 149 Å². The van der Waals surface area contributed by atoms with Crippen molar-refractivity contribution in [3.63, 3.8) is 0 Å². The van der Waals surface area contributed by atoms with Crippen molar-refractivity contribution in [3.8, 4) is 0 Å². The molecular formula is C21H14N4O. The lowest BCUT2D eigenvalue weighted by molar-refractivity contribution is 1.07. The lowest BCUT2D eigenvalue weighted by Crippen LogP contribution is -2.24. The molecule has 0 atom stereocenters. The van der Waals surface area contributed by atoms with Crippen LogP contribution in [-0.2, 0) is 0 Å². The number of hydrogen-bond acceptors (Lipinski definition) is 3. The Balaban J connectivity index is 1.82. The van der Waals surface area contributed by atoms with Crippen molar-refractivity contribution in [2.24, 2.45) is 9.98 Å². The molecule has 3 aromatic carbocycles. The van der Waals surface area contributed by atoms with Crippen molar-refractivity contribution in [1.82, 2.24) is 9.13 Å². The van der Waals surface area contributed by atoms with Gasteiger partial charge in [-0.3, -0.25) is 0 Å². The van der Waals surface area contributed by atoms with E-state index < -0.39 is 0 Å². The van der Waals surface area contributed by atoms with Gasteiger partial charge in [0.15, 0.2) is 11.7 Å². The number of rotatable bonds is 2. The Morgan fingerprint density at radius 3 is 1.35 bits per heavy atom. The monoisotopic (exact) mass is 338 g/mol. The van der Waals surface area contributed by atoms with Gasteiger partial charge in [0, 0.05) is 0 Å². The van der Waals surface area contributed by atoms with Gasteiger partial charge < -0.3 is 0 Å². The molecule has 0 N–H and O–H groups in total. The number of hydrogen-bond donors (Lipinski definition) is 0. The Bertz CT molecular complexity index is 1140. The normalized spacial score (nSPS) is 16.0. The molecule has 0 amide bonds. The van der Waals surface area contributed by atoms with E-state index in [2.05, 4.69) is 0 Å².